The van der Waals surface area contributed by atoms with Crippen molar-refractivity contribution in [2.45, 2.75) is 6.42 Å². The van der Waals surface area contributed by atoms with Crippen molar-refractivity contribution < 1.29 is 18.0 Å². The van der Waals surface area contributed by atoms with Crippen LogP contribution in [-0.4, -0.2) is 17.4 Å². The summed E-state index contributed by atoms with van der Waals surface area (Å²) < 4.78 is 40.0. The molecule has 25 heavy (non-hydrogen) atoms. The van der Waals surface area contributed by atoms with E-state index in [0.717, 1.165) is 28.4 Å². The van der Waals surface area contributed by atoms with Crippen LogP contribution < -0.4 is 5.32 Å². The average Bonchev–Trinajstić information content (AvgIpc) is 3.04. The van der Waals surface area contributed by atoms with E-state index in [9.17, 15) is 18.0 Å². The summed E-state index contributed by atoms with van der Waals surface area (Å²) in [6, 6.07) is 9.27. The summed E-state index contributed by atoms with van der Waals surface area (Å²) in [5.41, 5.74) is 0.946. The summed E-state index contributed by atoms with van der Waals surface area (Å²) in [7, 11) is 0. The van der Waals surface area contributed by atoms with Gasteiger partial charge in [0.15, 0.2) is 0 Å². The number of aromatic nitrogens is 1. The summed E-state index contributed by atoms with van der Waals surface area (Å²) >= 11 is 1.40. The molecule has 7 heteroatoms. The van der Waals surface area contributed by atoms with Gasteiger partial charge in [0, 0.05) is 23.9 Å². The SMILES string of the molecule is O=C(NCCc1csc(-c2ccc(F)cc2)n1)c1c(F)cccc1F. The Morgan fingerprint density at radius 2 is 1.72 bits per heavy atom. The van der Waals surface area contributed by atoms with Gasteiger partial charge in [0.2, 0.25) is 0 Å². The van der Waals surface area contributed by atoms with Crippen LogP contribution >= 0.6 is 11.3 Å². The molecule has 0 spiro atoms. The molecule has 1 N–H and O–H groups in total. The second-order valence-electron chi connectivity index (χ2n) is 5.25. The van der Waals surface area contributed by atoms with E-state index in [2.05, 4.69) is 10.3 Å². The third-order valence-electron chi connectivity index (χ3n) is 3.50. The fourth-order valence-corrected chi connectivity index (χ4v) is 3.11. The van der Waals surface area contributed by atoms with Crippen molar-refractivity contribution in [3.05, 3.63) is 76.6 Å². The van der Waals surface area contributed by atoms with Gasteiger partial charge in [-0.05, 0) is 36.4 Å². The molecule has 0 fully saturated rings. The van der Waals surface area contributed by atoms with Gasteiger partial charge < -0.3 is 5.32 Å². The minimum absolute atomic E-state index is 0.194. The smallest absolute Gasteiger partial charge is 0.257 e. The molecule has 3 rings (SSSR count). The molecule has 0 radical (unpaired) electrons. The molecule has 2 aromatic carbocycles. The van der Waals surface area contributed by atoms with Gasteiger partial charge in [-0.15, -0.1) is 11.3 Å². The van der Waals surface area contributed by atoms with Crippen molar-refractivity contribution in [3.63, 3.8) is 0 Å². The lowest BCUT2D eigenvalue weighted by Crippen LogP contribution is -2.27. The molecule has 0 aliphatic carbocycles. The summed E-state index contributed by atoms with van der Waals surface area (Å²) in [5.74, 6) is -2.91. The number of amides is 1. The van der Waals surface area contributed by atoms with E-state index >= 15 is 0 Å². The highest BCUT2D eigenvalue weighted by molar-refractivity contribution is 7.13. The topological polar surface area (TPSA) is 42.0 Å². The molecule has 1 amide bonds. The minimum atomic E-state index is -0.898. The number of carbonyl (C=O) groups excluding carboxylic acids is 1. The van der Waals surface area contributed by atoms with Crippen LogP contribution in [0.3, 0.4) is 0 Å². The third-order valence-corrected chi connectivity index (χ3v) is 4.44. The van der Waals surface area contributed by atoms with Gasteiger partial charge in [0.25, 0.3) is 5.91 Å². The first-order valence-corrected chi connectivity index (χ1v) is 8.35. The van der Waals surface area contributed by atoms with Crippen LogP contribution in [-0.2, 0) is 6.42 Å². The number of rotatable bonds is 5. The van der Waals surface area contributed by atoms with Gasteiger partial charge in [-0.2, -0.15) is 0 Å². The van der Waals surface area contributed by atoms with Crippen molar-refractivity contribution in [1.82, 2.24) is 10.3 Å². The van der Waals surface area contributed by atoms with Gasteiger partial charge in [0.1, 0.15) is 28.0 Å². The highest BCUT2D eigenvalue weighted by Crippen LogP contribution is 2.24. The average molecular weight is 362 g/mol. The number of nitrogens with zero attached hydrogens (tertiary/aromatic N) is 1. The Hall–Kier alpha value is -2.67. The normalized spacial score (nSPS) is 10.7. The van der Waals surface area contributed by atoms with Crippen molar-refractivity contribution in [2.24, 2.45) is 0 Å². The van der Waals surface area contributed by atoms with E-state index in [1.807, 2.05) is 5.38 Å². The zero-order valence-electron chi connectivity index (χ0n) is 12.9. The first-order valence-electron chi connectivity index (χ1n) is 7.47. The first kappa shape index (κ1) is 17.2. The van der Waals surface area contributed by atoms with Crippen molar-refractivity contribution in [3.8, 4) is 10.6 Å². The van der Waals surface area contributed by atoms with E-state index in [4.69, 9.17) is 0 Å². The number of hydrogen-bond acceptors (Lipinski definition) is 3. The maximum atomic E-state index is 13.5. The number of hydrogen-bond donors (Lipinski definition) is 1. The van der Waals surface area contributed by atoms with Gasteiger partial charge >= 0.3 is 0 Å². The Morgan fingerprint density at radius 3 is 2.40 bits per heavy atom. The standard InChI is InChI=1S/C18H13F3N2OS/c19-12-6-4-11(5-7-12)18-23-13(10-25-18)8-9-22-17(24)16-14(20)2-1-3-15(16)21/h1-7,10H,8-9H2,(H,22,24). The summed E-state index contributed by atoms with van der Waals surface area (Å²) in [6.07, 6.45) is 0.416. The molecule has 0 bridgehead atoms. The van der Waals surface area contributed by atoms with Crippen molar-refractivity contribution in [1.29, 1.82) is 0 Å². The quantitative estimate of drug-likeness (QED) is 0.739. The lowest BCUT2D eigenvalue weighted by atomic mass is 10.2. The van der Waals surface area contributed by atoms with E-state index < -0.39 is 23.1 Å². The lowest BCUT2D eigenvalue weighted by molar-refractivity contribution is 0.0945. The van der Waals surface area contributed by atoms with Crippen LogP contribution in [0.15, 0.2) is 47.8 Å². The summed E-state index contributed by atoms with van der Waals surface area (Å²) in [6.45, 7) is 0.194. The Bertz CT molecular complexity index is 873. The van der Waals surface area contributed by atoms with Gasteiger partial charge in [-0.25, -0.2) is 18.2 Å². The maximum Gasteiger partial charge on any atom is 0.257 e. The summed E-state index contributed by atoms with van der Waals surface area (Å²) in [5, 5.41) is 5.05. The molecule has 1 aromatic heterocycles. The second-order valence-corrected chi connectivity index (χ2v) is 6.11. The lowest BCUT2D eigenvalue weighted by Gasteiger charge is -2.06. The number of carbonyl (C=O) groups is 1. The molecule has 0 saturated carbocycles. The molecule has 0 unspecified atom stereocenters. The predicted octanol–water partition coefficient (Wildman–Crippen LogP) is 4.20. The van der Waals surface area contributed by atoms with Gasteiger partial charge in [0.05, 0.1) is 5.69 Å². The largest absolute Gasteiger partial charge is 0.351 e. The molecule has 3 nitrogen and oxygen atoms in total. The molecule has 0 atom stereocenters. The van der Waals surface area contributed by atoms with Crippen LogP contribution in [0.4, 0.5) is 13.2 Å². The molecule has 1 heterocycles. The molecule has 3 aromatic rings. The number of nitrogens with one attached hydrogen (secondary N) is 1. The fourth-order valence-electron chi connectivity index (χ4n) is 2.25. The Balaban J connectivity index is 1.59. The number of benzene rings is 2. The summed E-state index contributed by atoms with van der Waals surface area (Å²) in [4.78, 5) is 16.3. The van der Waals surface area contributed by atoms with Gasteiger partial charge in [-0.1, -0.05) is 6.07 Å². The van der Waals surface area contributed by atoms with Crippen LogP contribution in [0.5, 0.6) is 0 Å². The van der Waals surface area contributed by atoms with Crippen LogP contribution in [0.2, 0.25) is 0 Å². The monoisotopic (exact) mass is 362 g/mol. The predicted molar refractivity (Wildman–Crippen MR) is 89.9 cm³/mol. The maximum absolute atomic E-state index is 13.5. The highest BCUT2D eigenvalue weighted by Gasteiger charge is 2.16. The Kier molecular flexibility index (Phi) is 5.14. The van der Waals surface area contributed by atoms with E-state index in [-0.39, 0.29) is 12.4 Å². The van der Waals surface area contributed by atoms with E-state index in [0.29, 0.717) is 6.42 Å². The zero-order valence-corrected chi connectivity index (χ0v) is 13.7. The fraction of sp³-hybridized carbons (Fsp3) is 0.111. The number of halogens is 3. The zero-order chi connectivity index (χ0) is 17.8. The van der Waals surface area contributed by atoms with Crippen molar-refractivity contribution in [2.75, 3.05) is 6.54 Å². The molecule has 128 valence electrons. The Morgan fingerprint density at radius 1 is 1.04 bits per heavy atom. The van der Waals surface area contributed by atoms with Crippen LogP contribution in [0.25, 0.3) is 10.6 Å². The van der Waals surface area contributed by atoms with Crippen LogP contribution in [0, 0.1) is 17.5 Å². The first-order chi connectivity index (χ1) is 12.0. The molecule has 0 saturated heterocycles. The highest BCUT2D eigenvalue weighted by atomic mass is 32.1. The third kappa shape index (κ3) is 4.06. The molecule has 0 aliphatic heterocycles. The second kappa shape index (κ2) is 7.48. The molecular weight excluding hydrogens is 349 g/mol. The Labute approximate surface area is 146 Å². The molecular formula is C18H13F3N2OS. The van der Waals surface area contributed by atoms with Crippen LogP contribution in [0.1, 0.15) is 16.1 Å². The van der Waals surface area contributed by atoms with Gasteiger partial charge in [-0.3, -0.25) is 4.79 Å². The number of thiazole rings is 1. The van der Waals surface area contributed by atoms with E-state index in [1.165, 1.54) is 29.5 Å². The molecule has 0 aliphatic rings. The minimum Gasteiger partial charge on any atom is -0.351 e. The van der Waals surface area contributed by atoms with Crippen molar-refractivity contribution >= 4 is 17.2 Å². The van der Waals surface area contributed by atoms with E-state index in [1.54, 1.807) is 12.1 Å².